The van der Waals surface area contributed by atoms with Gasteiger partial charge in [0.15, 0.2) is 0 Å². The number of unbranched alkanes of at least 4 members (excludes halogenated alkanes) is 1. The molecule has 0 aliphatic carbocycles. The summed E-state index contributed by atoms with van der Waals surface area (Å²) in [4.78, 5) is 0. The van der Waals surface area contributed by atoms with E-state index in [0.717, 1.165) is 42.3 Å². The van der Waals surface area contributed by atoms with Crippen molar-refractivity contribution in [3.8, 4) is 5.75 Å². The maximum absolute atomic E-state index is 5.73. The number of fused-ring (bicyclic) bond motifs is 1. The highest BCUT2D eigenvalue weighted by Crippen LogP contribution is 2.32. The molecule has 1 N–H and O–H groups in total. The molecule has 1 aromatic rings. The van der Waals surface area contributed by atoms with Gasteiger partial charge in [-0.3, -0.25) is 0 Å². The maximum atomic E-state index is 5.73. The van der Waals surface area contributed by atoms with Crippen molar-refractivity contribution < 1.29 is 4.74 Å². The predicted molar refractivity (Wildman–Crippen MR) is 83.7 cm³/mol. The van der Waals surface area contributed by atoms with E-state index in [0.29, 0.717) is 0 Å². The Morgan fingerprint density at radius 2 is 2.16 bits per heavy atom. The molecule has 1 heterocycles. The monoisotopic (exact) mass is 325 g/mol. The third-order valence-electron chi connectivity index (χ3n) is 3.53. The summed E-state index contributed by atoms with van der Waals surface area (Å²) in [5.74, 6) is 1.93. The van der Waals surface area contributed by atoms with Gasteiger partial charge < -0.3 is 10.1 Å². The standard InChI is InChI=1S/C16H24BrNO/c1-12(2)5-3-4-7-18-11-14-10-15(17)9-13-6-8-19-16(13)14/h9-10,12,18H,3-8,11H2,1-2H3. The molecule has 1 aliphatic heterocycles. The summed E-state index contributed by atoms with van der Waals surface area (Å²) in [6.07, 6.45) is 4.94. The highest BCUT2D eigenvalue weighted by Gasteiger charge is 2.16. The van der Waals surface area contributed by atoms with E-state index in [1.807, 2.05) is 0 Å². The Hall–Kier alpha value is -0.540. The van der Waals surface area contributed by atoms with Crippen LogP contribution in [0.1, 0.15) is 44.2 Å². The summed E-state index contributed by atoms with van der Waals surface area (Å²) in [6, 6.07) is 4.35. The Labute approximate surface area is 125 Å². The Bertz CT molecular complexity index is 417. The van der Waals surface area contributed by atoms with Crippen LogP contribution < -0.4 is 10.1 Å². The molecule has 1 aromatic carbocycles. The van der Waals surface area contributed by atoms with E-state index in [1.165, 1.54) is 30.4 Å². The van der Waals surface area contributed by atoms with Gasteiger partial charge in [0.05, 0.1) is 6.61 Å². The van der Waals surface area contributed by atoms with Crippen molar-refractivity contribution >= 4 is 15.9 Å². The molecule has 0 radical (unpaired) electrons. The van der Waals surface area contributed by atoms with E-state index in [2.05, 4.69) is 47.2 Å². The fourth-order valence-corrected chi connectivity index (χ4v) is 3.06. The number of halogens is 1. The molecule has 19 heavy (non-hydrogen) atoms. The van der Waals surface area contributed by atoms with Crippen LogP contribution >= 0.6 is 15.9 Å². The van der Waals surface area contributed by atoms with Gasteiger partial charge in [-0.1, -0.05) is 42.6 Å². The van der Waals surface area contributed by atoms with Crippen LogP contribution in [-0.4, -0.2) is 13.2 Å². The summed E-state index contributed by atoms with van der Waals surface area (Å²) in [5, 5.41) is 3.53. The molecule has 0 fully saturated rings. The van der Waals surface area contributed by atoms with Crippen LogP contribution in [0.15, 0.2) is 16.6 Å². The average Bonchev–Trinajstić information content (AvgIpc) is 2.80. The molecule has 2 rings (SSSR count). The molecule has 0 aromatic heterocycles. The first-order valence-corrected chi connectivity index (χ1v) is 8.11. The molecule has 1 aliphatic rings. The molecule has 0 bridgehead atoms. The summed E-state index contributed by atoms with van der Waals surface area (Å²) < 4.78 is 6.89. The predicted octanol–water partition coefficient (Wildman–Crippen LogP) is 4.30. The first-order chi connectivity index (χ1) is 9.16. The molecular formula is C16H24BrNO. The highest BCUT2D eigenvalue weighted by molar-refractivity contribution is 9.10. The summed E-state index contributed by atoms with van der Waals surface area (Å²) in [5.41, 5.74) is 2.62. The van der Waals surface area contributed by atoms with Gasteiger partial charge in [-0.25, -0.2) is 0 Å². The van der Waals surface area contributed by atoms with Gasteiger partial charge in [0.25, 0.3) is 0 Å². The molecule has 0 amide bonds. The maximum Gasteiger partial charge on any atom is 0.127 e. The van der Waals surface area contributed by atoms with Gasteiger partial charge in [0.2, 0.25) is 0 Å². The molecule has 106 valence electrons. The van der Waals surface area contributed by atoms with Crippen molar-refractivity contribution in [1.29, 1.82) is 0 Å². The van der Waals surface area contributed by atoms with Crippen LogP contribution in [0.2, 0.25) is 0 Å². The van der Waals surface area contributed by atoms with Crippen LogP contribution in [0, 0.1) is 5.92 Å². The molecule has 0 unspecified atom stereocenters. The Morgan fingerprint density at radius 1 is 1.32 bits per heavy atom. The van der Waals surface area contributed by atoms with Gasteiger partial charge in [-0.15, -0.1) is 0 Å². The zero-order valence-electron chi connectivity index (χ0n) is 12.0. The fraction of sp³-hybridized carbons (Fsp3) is 0.625. The first-order valence-electron chi connectivity index (χ1n) is 7.31. The van der Waals surface area contributed by atoms with Gasteiger partial charge in [-0.2, -0.15) is 0 Å². The number of hydrogen-bond donors (Lipinski definition) is 1. The lowest BCUT2D eigenvalue weighted by Gasteiger charge is -2.10. The van der Waals surface area contributed by atoms with E-state index >= 15 is 0 Å². The summed E-state index contributed by atoms with van der Waals surface area (Å²) in [7, 11) is 0. The largest absolute Gasteiger partial charge is 0.493 e. The third kappa shape index (κ3) is 4.50. The molecule has 0 saturated carbocycles. The first kappa shape index (κ1) is 14.9. The molecule has 0 spiro atoms. The van der Waals surface area contributed by atoms with E-state index < -0.39 is 0 Å². The molecule has 0 atom stereocenters. The second-order valence-corrected chi connectivity index (χ2v) is 6.63. The minimum atomic E-state index is 0.821. The van der Waals surface area contributed by atoms with Gasteiger partial charge in [-0.05, 0) is 36.6 Å². The second kappa shape index (κ2) is 7.30. The number of ether oxygens (including phenoxy) is 1. The van der Waals surface area contributed by atoms with Crippen molar-refractivity contribution in [2.75, 3.05) is 13.2 Å². The van der Waals surface area contributed by atoms with Gasteiger partial charge in [0, 0.05) is 23.0 Å². The number of benzene rings is 1. The molecule has 2 nitrogen and oxygen atoms in total. The quantitative estimate of drug-likeness (QED) is 0.754. The lowest BCUT2D eigenvalue weighted by atomic mass is 10.1. The normalized spacial score (nSPS) is 13.7. The molecule has 3 heteroatoms. The average molecular weight is 326 g/mol. The van der Waals surface area contributed by atoms with Crippen molar-refractivity contribution in [3.05, 3.63) is 27.7 Å². The minimum Gasteiger partial charge on any atom is -0.493 e. The zero-order valence-corrected chi connectivity index (χ0v) is 13.6. The van der Waals surface area contributed by atoms with Crippen LogP contribution in [0.3, 0.4) is 0 Å². The van der Waals surface area contributed by atoms with Crippen molar-refractivity contribution in [2.45, 2.75) is 46.1 Å². The number of rotatable bonds is 7. The van der Waals surface area contributed by atoms with Gasteiger partial charge >= 0.3 is 0 Å². The van der Waals surface area contributed by atoms with Crippen LogP contribution in [-0.2, 0) is 13.0 Å². The van der Waals surface area contributed by atoms with Crippen LogP contribution in [0.4, 0.5) is 0 Å². The fourth-order valence-electron chi connectivity index (χ4n) is 2.50. The van der Waals surface area contributed by atoms with Crippen LogP contribution in [0.5, 0.6) is 5.75 Å². The SMILES string of the molecule is CC(C)CCCCNCc1cc(Br)cc2c1OCC2. The lowest BCUT2D eigenvalue weighted by molar-refractivity contribution is 0.352. The second-order valence-electron chi connectivity index (χ2n) is 5.72. The Balaban J connectivity index is 1.77. The topological polar surface area (TPSA) is 21.3 Å². The Kier molecular flexibility index (Phi) is 5.71. The number of nitrogens with one attached hydrogen (secondary N) is 1. The zero-order chi connectivity index (χ0) is 13.7. The molecule has 0 saturated heterocycles. The molecular weight excluding hydrogens is 302 g/mol. The minimum absolute atomic E-state index is 0.821. The third-order valence-corrected chi connectivity index (χ3v) is 3.98. The van der Waals surface area contributed by atoms with Crippen molar-refractivity contribution in [3.63, 3.8) is 0 Å². The van der Waals surface area contributed by atoms with E-state index in [4.69, 9.17) is 4.74 Å². The smallest absolute Gasteiger partial charge is 0.127 e. The van der Waals surface area contributed by atoms with E-state index in [-0.39, 0.29) is 0 Å². The lowest BCUT2D eigenvalue weighted by Crippen LogP contribution is -2.15. The summed E-state index contributed by atoms with van der Waals surface area (Å²) in [6.45, 7) is 7.40. The Morgan fingerprint density at radius 3 is 2.95 bits per heavy atom. The highest BCUT2D eigenvalue weighted by atomic mass is 79.9. The van der Waals surface area contributed by atoms with Gasteiger partial charge in [0.1, 0.15) is 5.75 Å². The number of hydrogen-bond acceptors (Lipinski definition) is 2. The van der Waals surface area contributed by atoms with Crippen molar-refractivity contribution in [1.82, 2.24) is 5.32 Å². The summed E-state index contributed by atoms with van der Waals surface area (Å²) >= 11 is 3.58. The van der Waals surface area contributed by atoms with E-state index in [9.17, 15) is 0 Å². The van der Waals surface area contributed by atoms with E-state index in [1.54, 1.807) is 0 Å². The van der Waals surface area contributed by atoms with Crippen molar-refractivity contribution in [2.24, 2.45) is 5.92 Å². The van der Waals surface area contributed by atoms with Crippen LogP contribution in [0.25, 0.3) is 0 Å².